The summed E-state index contributed by atoms with van der Waals surface area (Å²) in [6.07, 6.45) is 0. The van der Waals surface area contributed by atoms with Crippen LogP contribution in [0, 0.1) is 13.8 Å². The Bertz CT molecular complexity index is 1150. The first kappa shape index (κ1) is 20.9. The molecular formula is C26H23PZr. The maximum absolute atomic E-state index is 2.26. The van der Waals surface area contributed by atoms with E-state index in [1.54, 1.807) is 0 Å². The van der Waals surface area contributed by atoms with Crippen LogP contribution in [0.4, 0.5) is 0 Å². The molecule has 5 aromatic carbocycles. The first-order valence-corrected chi connectivity index (χ1v) is 10.3. The third-order valence-corrected chi connectivity index (χ3v) is 6.39. The van der Waals surface area contributed by atoms with E-state index in [4.69, 9.17) is 0 Å². The summed E-state index contributed by atoms with van der Waals surface area (Å²) >= 11 is 0. The largest absolute Gasteiger partial charge is 2.00 e. The standard InChI is InChI=1S/C16H14P.C10H9.Zr/c1-12-6-2-5-9-15(12)17-16-11-10-13-7-3-4-8-14(13)16;1-8-6-9-4-2-3-5-10(9)7-8;/h2-11,17H,1H3;2-7H,1H3;/q2*-1;+2. The normalized spacial score (nSPS) is 10.8. The first-order valence-electron chi connectivity index (χ1n) is 9.30. The van der Waals surface area contributed by atoms with Gasteiger partial charge in [0.25, 0.3) is 0 Å². The number of aryl methyl sites for hydroxylation is 2. The van der Waals surface area contributed by atoms with Gasteiger partial charge in [-0.1, -0.05) is 43.3 Å². The monoisotopic (exact) mass is 456 g/mol. The Morgan fingerprint density at radius 1 is 0.750 bits per heavy atom. The second-order valence-electron chi connectivity index (χ2n) is 6.94. The molecule has 0 aromatic heterocycles. The number of hydrogen-bond donors (Lipinski definition) is 0. The molecule has 2 heteroatoms. The van der Waals surface area contributed by atoms with Crippen molar-refractivity contribution in [1.82, 2.24) is 0 Å². The van der Waals surface area contributed by atoms with Crippen LogP contribution in [0.15, 0.2) is 97.1 Å². The van der Waals surface area contributed by atoms with E-state index in [0.29, 0.717) is 0 Å². The molecule has 0 aliphatic heterocycles. The number of benzene rings is 3. The minimum atomic E-state index is 0. The fourth-order valence-electron chi connectivity index (χ4n) is 3.42. The quantitative estimate of drug-likeness (QED) is 0.214. The van der Waals surface area contributed by atoms with Gasteiger partial charge in [-0.25, -0.2) is 0 Å². The molecule has 0 fully saturated rings. The van der Waals surface area contributed by atoms with E-state index in [-0.39, 0.29) is 26.2 Å². The average molecular weight is 458 g/mol. The van der Waals surface area contributed by atoms with Crippen LogP contribution >= 0.6 is 8.58 Å². The van der Waals surface area contributed by atoms with E-state index >= 15 is 0 Å². The smallest absolute Gasteiger partial charge is 0.168 e. The van der Waals surface area contributed by atoms with Crippen molar-refractivity contribution in [3.63, 3.8) is 0 Å². The topological polar surface area (TPSA) is 0 Å². The van der Waals surface area contributed by atoms with Crippen molar-refractivity contribution >= 4 is 40.7 Å². The maximum Gasteiger partial charge on any atom is 2.00 e. The molecule has 0 spiro atoms. The van der Waals surface area contributed by atoms with Crippen molar-refractivity contribution in [3.05, 3.63) is 108 Å². The first-order chi connectivity index (χ1) is 13.2. The van der Waals surface area contributed by atoms with Crippen LogP contribution in [-0.4, -0.2) is 0 Å². The van der Waals surface area contributed by atoms with Gasteiger partial charge in [0.15, 0.2) is 0 Å². The molecule has 0 heterocycles. The Balaban J connectivity index is 0.000000175. The maximum atomic E-state index is 2.26. The average Bonchev–Trinajstić information content (AvgIpc) is 3.27. The van der Waals surface area contributed by atoms with E-state index < -0.39 is 0 Å². The molecule has 0 nitrogen and oxygen atoms in total. The van der Waals surface area contributed by atoms with Crippen LogP contribution in [0.3, 0.4) is 0 Å². The number of rotatable bonds is 2. The SMILES string of the molecule is Cc1cc2ccccc2[cH-]1.Cc1ccccc1P[c-]1ccc2ccccc21.[Zr+2]. The van der Waals surface area contributed by atoms with Crippen LogP contribution in [-0.2, 0) is 26.2 Å². The van der Waals surface area contributed by atoms with Gasteiger partial charge in [0.1, 0.15) is 0 Å². The van der Waals surface area contributed by atoms with Gasteiger partial charge < -0.3 is 0 Å². The predicted octanol–water partition coefficient (Wildman–Crippen LogP) is 6.36. The molecular weight excluding hydrogens is 434 g/mol. The summed E-state index contributed by atoms with van der Waals surface area (Å²) in [6.45, 7) is 4.31. The van der Waals surface area contributed by atoms with Gasteiger partial charge in [-0.2, -0.15) is 12.1 Å². The van der Waals surface area contributed by atoms with Gasteiger partial charge >= 0.3 is 26.2 Å². The second-order valence-corrected chi connectivity index (χ2v) is 8.26. The van der Waals surface area contributed by atoms with Crippen LogP contribution in [0.2, 0.25) is 0 Å². The van der Waals surface area contributed by atoms with Crippen molar-refractivity contribution in [2.75, 3.05) is 0 Å². The molecule has 0 aliphatic rings. The zero-order valence-electron chi connectivity index (χ0n) is 16.2. The van der Waals surface area contributed by atoms with Crippen LogP contribution in [0.1, 0.15) is 11.1 Å². The Labute approximate surface area is 188 Å². The summed E-state index contributed by atoms with van der Waals surface area (Å²) in [5.74, 6) is 0. The van der Waals surface area contributed by atoms with E-state index in [2.05, 4.69) is 111 Å². The molecule has 136 valence electrons. The summed E-state index contributed by atoms with van der Waals surface area (Å²) in [4.78, 5) is 0. The minimum Gasteiger partial charge on any atom is -0.168 e. The third-order valence-electron chi connectivity index (χ3n) is 4.86. The Morgan fingerprint density at radius 2 is 1.43 bits per heavy atom. The second kappa shape index (κ2) is 9.60. The van der Waals surface area contributed by atoms with Gasteiger partial charge in [-0.3, -0.25) is 0 Å². The van der Waals surface area contributed by atoms with Gasteiger partial charge in [-0.05, 0) is 17.8 Å². The molecule has 0 radical (unpaired) electrons. The van der Waals surface area contributed by atoms with Crippen LogP contribution in [0.5, 0.6) is 0 Å². The van der Waals surface area contributed by atoms with Crippen LogP contribution in [0.25, 0.3) is 21.5 Å². The Kier molecular flexibility index (Phi) is 7.17. The molecule has 28 heavy (non-hydrogen) atoms. The molecule has 1 atom stereocenters. The van der Waals surface area contributed by atoms with Crippen molar-refractivity contribution in [2.24, 2.45) is 0 Å². The van der Waals surface area contributed by atoms with Gasteiger partial charge in [-0.15, -0.1) is 89.5 Å². The molecule has 5 rings (SSSR count). The molecule has 0 amide bonds. The summed E-state index contributed by atoms with van der Waals surface area (Å²) in [7, 11) is 0.754. The number of fused-ring (bicyclic) bond motifs is 2. The Morgan fingerprint density at radius 3 is 2.21 bits per heavy atom. The van der Waals surface area contributed by atoms with Gasteiger partial charge in [0.2, 0.25) is 0 Å². The zero-order valence-corrected chi connectivity index (χ0v) is 19.7. The third kappa shape index (κ3) is 4.78. The molecule has 1 unspecified atom stereocenters. The Hall–Kier alpha value is -1.81. The van der Waals surface area contributed by atoms with E-state index in [1.165, 1.54) is 43.3 Å². The molecule has 0 saturated carbocycles. The van der Waals surface area contributed by atoms with Crippen molar-refractivity contribution in [3.8, 4) is 0 Å². The summed E-state index contributed by atoms with van der Waals surface area (Å²) in [6, 6.07) is 34.6. The van der Waals surface area contributed by atoms with E-state index in [1.807, 2.05) is 0 Å². The fourth-order valence-corrected chi connectivity index (χ4v) is 4.70. The fraction of sp³-hybridized carbons (Fsp3) is 0.0769. The van der Waals surface area contributed by atoms with Crippen molar-refractivity contribution in [2.45, 2.75) is 13.8 Å². The van der Waals surface area contributed by atoms with Crippen LogP contribution < -0.4 is 10.6 Å². The molecule has 0 aliphatic carbocycles. The molecule has 5 aromatic rings. The molecule has 0 saturated heterocycles. The number of hydrogen-bond acceptors (Lipinski definition) is 0. The molecule has 0 N–H and O–H groups in total. The summed E-state index contributed by atoms with van der Waals surface area (Å²) in [5.41, 5.74) is 2.73. The molecule has 0 bridgehead atoms. The van der Waals surface area contributed by atoms with Crippen molar-refractivity contribution < 1.29 is 26.2 Å². The van der Waals surface area contributed by atoms with E-state index in [9.17, 15) is 0 Å². The predicted molar refractivity (Wildman–Crippen MR) is 123 cm³/mol. The van der Waals surface area contributed by atoms with Gasteiger partial charge in [0.05, 0.1) is 0 Å². The summed E-state index contributed by atoms with van der Waals surface area (Å²) in [5, 5.41) is 8.34. The van der Waals surface area contributed by atoms with E-state index in [0.717, 1.165) is 8.58 Å². The summed E-state index contributed by atoms with van der Waals surface area (Å²) < 4.78 is 0. The van der Waals surface area contributed by atoms with Crippen molar-refractivity contribution in [1.29, 1.82) is 0 Å². The van der Waals surface area contributed by atoms with Gasteiger partial charge in [0, 0.05) is 0 Å². The minimum absolute atomic E-state index is 0. The zero-order chi connectivity index (χ0) is 18.6.